The first-order valence-corrected chi connectivity index (χ1v) is 5.68. The summed E-state index contributed by atoms with van der Waals surface area (Å²) in [5.41, 5.74) is 8.83. The Morgan fingerprint density at radius 1 is 1.65 bits per heavy atom. The summed E-state index contributed by atoms with van der Waals surface area (Å²) in [5, 5.41) is 0. The van der Waals surface area contributed by atoms with Crippen molar-refractivity contribution in [2.45, 2.75) is 19.4 Å². The molecule has 1 amide bonds. The van der Waals surface area contributed by atoms with Crippen molar-refractivity contribution in [3.05, 3.63) is 29.1 Å². The molecule has 2 N–H and O–H groups in total. The number of nitrogens with two attached hydrogens (primary N) is 1. The molecular weight excluding hydrogens is 218 g/mol. The average Bonchev–Trinajstić information content (AvgIpc) is 2.36. The van der Waals surface area contributed by atoms with Gasteiger partial charge in [0.15, 0.2) is 0 Å². The Labute approximate surface area is 101 Å². The Morgan fingerprint density at radius 3 is 3.06 bits per heavy atom. The van der Waals surface area contributed by atoms with E-state index >= 15 is 0 Å². The first-order valence-electron chi connectivity index (χ1n) is 5.68. The quantitative estimate of drug-likeness (QED) is 0.789. The normalized spacial score (nSPS) is 18.8. The van der Waals surface area contributed by atoms with E-state index in [9.17, 15) is 4.79 Å². The molecular formula is C12H17N3O2. The number of ether oxygens (including phenoxy) is 1. The van der Waals surface area contributed by atoms with Crippen LogP contribution >= 0.6 is 0 Å². The van der Waals surface area contributed by atoms with Crippen molar-refractivity contribution < 1.29 is 9.53 Å². The van der Waals surface area contributed by atoms with Crippen LogP contribution < -0.4 is 5.73 Å². The van der Waals surface area contributed by atoms with Gasteiger partial charge in [-0.15, -0.1) is 0 Å². The Balaban J connectivity index is 2.36. The highest BCUT2D eigenvalue weighted by Crippen LogP contribution is 2.28. The number of hydrogen-bond donors (Lipinski definition) is 1. The standard InChI is InChI=1S/C12H17N3O2/c1-8-3-4-9-10(14-8)5-6-15(11(9)7-13)12(16)17-2/h3-4,11H,5-7,13H2,1-2H3. The molecule has 5 heteroatoms. The molecule has 1 unspecified atom stereocenters. The lowest BCUT2D eigenvalue weighted by atomic mass is 9.97. The van der Waals surface area contributed by atoms with Crippen LogP contribution in [0.4, 0.5) is 4.79 Å². The zero-order chi connectivity index (χ0) is 12.4. The summed E-state index contributed by atoms with van der Waals surface area (Å²) < 4.78 is 4.77. The number of carbonyl (C=O) groups excluding carboxylic acids is 1. The minimum absolute atomic E-state index is 0.126. The van der Waals surface area contributed by atoms with Gasteiger partial charge in [-0.3, -0.25) is 9.88 Å². The molecule has 0 saturated heterocycles. The van der Waals surface area contributed by atoms with Gasteiger partial charge in [0.1, 0.15) is 0 Å². The van der Waals surface area contributed by atoms with E-state index in [1.807, 2.05) is 19.1 Å². The van der Waals surface area contributed by atoms with Gasteiger partial charge in [-0.05, 0) is 18.6 Å². The molecule has 1 aliphatic rings. The summed E-state index contributed by atoms with van der Waals surface area (Å²) in [5.74, 6) is 0. The highest BCUT2D eigenvalue weighted by Gasteiger charge is 2.31. The first kappa shape index (κ1) is 11.9. The third kappa shape index (κ3) is 2.10. The van der Waals surface area contributed by atoms with Gasteiger partial charge >= 0.3 is 6.09 Å². The maximum absolute atomic E-state index is 11.6. The summed E-state index contributed by atoms with van der Waals surface area (Å²) in [6.45, 7) is 2.95. The topological polar surface area (TPSA) is 68.5 Å². The van der Waals surface area contributed by atoms with Gasteiger partial charge in [-0.2, -0.15) is 0 Å². The fraction of sp³-hybridized carbons (Fsp3) is 0.500. The van der Waals surface area contributed by atoms with E-state index < -0.39 is 0 Å². The third-order valence-corrected chi connectivity index (χ3v) is 3.11. The van der Waals surface area contributed by atoms with Gasteiger partial charge in [-0.1, -0.05) is 6.07 Å². The van der Waals surface area contributed by atoms with Gasteiger partial charge in [0, 0.05) is 30.9 Å². The molecule has 5 nitrogen and oxygen atoms in total. The zero-order valence-electron chi connectivity index (χ0n) is 10.1. The summed E-state index contributed by atoms with van der Waals surface area (Å²) in [6.07, 6.45) is 0.425. The lowest BCUT2D eigenvalue weighted by Crippen LogP contribution is -2.43. The number of nitrogens with zero attached hydrogens (tertiary/aromatic N) is 2. The number of rotatable bonds is 1. The van der Waals surface area contributed by atoms with E-state index in [0.29, 0.717) is 13.1 Å². The van der Waals surface area contributed by atoms with E-state index in [4.69, 9.17) is 10.5 Å². The van der Waals surface area contributed by atoms with Gasteiger partial charge in [0.2, 0.25) is 0 Å². The van der Waals surface area contributed by atoms with Crippen molar-refractivity contribution in [3.63, 3.8) is 0 Å². The predicted molar refractivity (Wildman–Crippen MR) is 63.6 cm³/mol. The molecule has 0 aliphatic carbocycles. The fourth-order valence-corrected chi connectivity index (χ4v) is 2.26. The molecule has 0 spiro atoms. The minimum atomic E-state index is -0.327. The van der Waals surface area contributed by atoms with Crippen molar-refractivity contribution in [2.24, 2.45) is 5.73 Å². The number of amides is 1. The number of aryl methyl sites for hydroxylation is 1. The van der Waals surface area contributed by atoms with Crippen molar-refractivity contribution in [1.29, 1.82) is 0 Å². The van der Waals surface area contributed by atoms with E-state index in [-0.39, 0.29) is 12.1 Å². The Kier molecular flexibility index (Phi) is 3.28. The number of aromatic nitrogens is 1. The SMILES string of the molecule is COC(=O)N1CCc2nc(C)ccc2C1CN. The molecule has 0 bridgehead atoms. The molecule has 0 saturated carbocycles. The molecule has 0 radical (unpaired) electrons. The largest absolute Gasteiger partial charge is 0.453 e. The second-order valence-corrected chi connectivity index (χ2v) is 4.15. The maximum Gasteiger partial charge on any atom is 0.410 e. The van der Waals surface area contributed by atoms with Gasteiger partial charge in [-0.25, -0.2) is 4.79 Å². The number of methoxy groups -OCH3 is 1. The molecule has 1 atom stereocenters. The minimum Gasteiger partial charge on any atom is -0.453 e. The van der Waals surface area contributed by atoms with Crippen molar-refractivity contribution >= 4 is 6.09 Å². The number of hydrogen-bond acceptors (Lipinski definition) is 4. The monoisotopic (exact) mass is 235 g/mol. The van der Waals surface area contributed by atoms with Crippen LogP contribution in [0.15, 0.2) is 12.1 Å². The molecule has 92 valence electrons. The molecule has 2 heterocycles. The Bertz CT molecular complexity index is 434. The molecule has 1 aromatic heterocycles. The first-order chi connectivity index (χ1) is 8.17. The summed E-state index contributed by atoms with van der Waals surface area (Å²) in [4.78, 5) is 17.8. The van der Waals surface area contributed by atoms with E-state index in [1.165, 1.54) is 7.11 Å². The third-order valence-electron chi connectivity index (χ3n) is 3.11. The van der Waals surface area contributed by atoms with Gasteiger partial charge in [0.05, 0.1) is 13.2 Å². The Hall–Kier alpha value is -1.62. The van der Waals surface area contributed by atoms with Gasteiger partial charge in [0.25, 0.3) is 0 Å². The number of pyridine rings is 1. The van der Waals surface area contributed by atoms with Crippen molar-refractivity contribution in [2.75, 3.05) is 20.2 Å². The second kappa shape index (κ2) is 4.71. The molecule has 1 aliphatic heterocycles. The van der Waals surface area contributed by atoms with Crippen LogP contribution in [0.25, 0.3) is 0 Å². The lowest BCUT2D eigenvalue weighted by molar-refractivity contribution is 0.102. The van der Waals surface area contributed by atoms with E-state index in [1.54, 1.807) is 4.90 Å². The summed E-state index contributed by atoms with van der Waals surface area (Å²) in [6, 6.07) is 3.83. The van der Waals surface area contributed by atoms with Crippen molar-refractivity contribution in [1.82, 2.24) is 9.88 Å². The van der Waals surface area contributed by atoms with Crippen LogP contribution in [0, 0.1) is 6.92 Å². The van der Waals surface area contributed by atoms with Crippen LogP contribution in [0.3, 0.4) is 0 Å². The summed E-state index contributed by atoms with van der Waals surface area (Å²) >= 11 is 0. The molecule has 0 aromatic carbocycles. The molecule has 1 aromatic rings. The maximum atomic E-state index is 11.6. The van der Waals surface area contributed by atoms with E-state index in [2.05, 4.69) is 4.98 Å². The van der Waals surface area contributed by atoms with E-state index in [0.717, 1.165) is 23.4 Å². The summed E-state index contributed by atoms with van der Waals surface area (Å²) in [7, 11) is 1.39. The Morgan fingerprint density at radius 2 is 2.41 bits per heavy atom. The van der Waals surface area contributed by atoms with Crippen LogP contribution in [-0.4, -0.2) is 36.2 Å². The van der Waals surface area contributed by atoms with Crippen LogP contribution in [-0.2, 0) is 11.2 Å². The van der Waals surface area contributed by atoms with Crippen molar-refractivity contribution in [3.8, 4) is 0 Å². The highest BCUT2D eigenvalue weighted by atomic mass is 16.5. The zero-order valence-corrected chi connectivity index (χ0v) is 10.1. The predicted octanol–water partition coefficient (Wildman–Crippen LogP) is 1.01. The van der Waals surface area contributed by atoms with Crippen LogP contribution in [0.2, 0.25) is 0 Å². The molecule has 17 heavy (non-hydrogen) atoms. The smallest absolute Gasteiger partial charge is 0.410 e. The van der Waals surface area contributed by atoms with Crippen LogP contribution in [0.1, 0.15) is 23.0 Å². The van der Waals surface area contributed by atoms with Gasteiger partial charge < -0.3 is 10.5 Å². The second-order valence-electron chi connectivity index (χ2n) is 4.15. The molecule has 0 fully saturated rings. The number of fused-ring (bicyclic) bond motifs is 1. The fourth-order valence-electron chi connectivity index (χ4n) is 2.26. The average molecular weight is 235 g/mol. The molecule has 2 rings (SSSR count). The lowest BCUT2D eigenvalue weighted by Gasteiger charge is -2.35. The van der Waals surface area contributed by atoms with Crippen LogP contribution in [0.5, 0.6) is 0 Å². The number of carbonyl (C=O) groups is 1. The highest BCUT2D eigenvalue weighted by molar-refractivity contribution is 5.68.